The van der Waals surface area contributed by atoms with Gasteiger partial charge in [-0.05, 0) is 98.6 Å². The molecular weight excluding hydrogens is 436 g/mol. The van der Waals surface area contributed by atoms with Crippen LogP contribution >= 0.6 is 0 Å². The maximum Gasteiger partial charge on any atom is 0.328 e. The van der Waals surface area contributed by atoms with E-state index in [-0.39, 0.29) is 11.9 Å². The molecule has 7 rings (SSSR count). The standard InChI is InChI=1S/C29H36N4O2/c34-27-9-11-33(28(35)32-27)26-3-1-2-25(15-26)30-19-21-6-4-20(5-7-21)8-10-31-29-16-22-12-23(17-29)14-24(13-22)18-29/h1-7,15,22-24,30-31H,8-14,16-19H2,(H,32,34,35). The van der Waals surface area contributed by atoms with Crippen LogP contribution in [0.15, 0.2) is 48.5 Å². The number of imide groups is 1. The lowest BCUT2D eigenvalue weighted by Crippen LogP contribution is -2.58. The number of urea groups is 1. The SMILES string of the molecule is O=C1CCN(c2cccc(NCc3ccc(CCNC45CC6CC(CC(C6)C4)C5)cc3)c2)C(=O)N1. The first kappa shape index (κ1) is 22.6. The van der Waals surface area contributed by atoms with Gasteiger partial charge in [0, 0.05) is 36.4 Å². The van der Waals surface area contributed by atoms with Crippen LogP contribution in [0.1, 0.15) is 56.1 Å². The van der Waals surface area contributed by atoms with E-state index in [9.17, 15) is 9.59 Å². The second kappa shape index (κ2) is 9.30. The van der Waals surface area contributed by atoms with Crippen molar-refractivity contribution in [2.24, 2.45) is 17.8 Å². The smallest absolute Gasteiger partial charge is 0.328 e. The Labute approximate surface area is 207 Å². The van der Waals surface area contributed by atoms with Gasteiger partial charge < -0.3 is 10.6 Å². The van der Waals surface area contributed by atoms with Crippen LogP contribution in [0.3, 0.4) is 0 Å². The zero-order valence-corrected chi connectivity index (χ0v) is 20.4. The summed E-state index contributed by atoms with van der Waals surface area (Å²) in [5.74, 6) is 2.75. The van der Waals surface area contributed by atoms with Gasteiger partial charge in [-0.3, -0.25) is 15.0 Å². The van der Waals surface area contributed by atoms with Crippen molar-refractivity contribution in [3.63, 3.8) is 0 Å². The predicted molar refractivity (Wildman–Crippen MR) is 138 cm³/mol. The van der Waals surface area contributed by atoms with E-state index in [4.69, 9.17) is 0 Å². The average molecular weight is 473 g/mol. The Morgan fingerprint density at radius 2 is 1.60 bits per heavy atom. The Bertz CT molecular complexity index is 1060. The summed E-state index contributed by atoms with van der Waals surface area (Å²) >= 11 is 0. The number of carbonyl (C=O) groups excluding carboxylic acids is 2. The van der Waals surface area contributed by atoms with Gasteiger partial charge in [0.1, 0.15) is 0 Å². The number of nitrogens with one attached hydrogen (secondary N) is 3. The third-order valence-corrected chi connectivity index (χ3v) is 8.68. The average Bonchev–Trinajstić information content (AvgIpc) is 2.83. The molecule has 184 valence electrons. The highest BCUT2D eigenvalue weighted by Gasteiger charge is 2.50. The van der Waals surface area contributed by atoms with Crippen LogP contribution < -0.4 is 20.9 Å². The fraction of sp³-hybridized carbons (Fsp3) is 0.517. The van der Waals surface area contributed by atoms with Crippen molar-refractivity contribution in [2.45, 2.75) is 63.5 Å². The van der Waals surface area contributed by atoms with Crippen molar-refractivity contribution in [1.82, 2.24) is 10.6 Å². The first-order valence-corrected chi connectivity index (χ1v) is 13.3. The molecule has 0 aromatic heterocycles. The lowest BCUT2D eigenvalue weighted by molar-refractivity contribution is -0.120. The van der Waals surface area contributed by atoms with Gasteiger partial charge in [0.15, 0.2) is 0 Å². The van der Waals surface area contributed by atoms with Crippen LogP contribution in [0, 0.1) is 17.8 Å². The van der Waals surface area contributed by atoms with Crippen molar-refractivity contribution >= 4 is 23.3 Å². The van der Waals surface area contributed by atoms with E-state index >= 15 is 0 Å². The van der Waals surface area contributed by atoms with E-state index in [1.54, 1.807) is 4.90 Å². The summed E-state index contributed by atoms with van der Waals surface area (Å²) in [6, 6.07) is 16.4. The molecule has 0 atom stereocenters. The second-order valence-corrected chi connectivity index (χ2v) is 11.4. The van der Waals surface area contributed by atoms with E-state index in [0.29, 0.717) is 18.5 Å². The van der Waals surface area contributed by atoms with Crippen molar-refractivity contribution < 1.29 is 9.59 Å². The van der Waals surface area contributed by atoms with E-state index < -0.39 is 0 Å². The van der Waals surface area contributed by atoms with Crippen molar-refractivity contribution in [3.05, 3.63) is 59.7 Å². The van der Waals surface area contributed by atoms with Gasteiger partial charge in [-0.1, -0.05) is 30.3 Å². The molecule has 0 unspecified atom stereocenters. The molecule has 1 aliphatic heterocycles. The first-order chi connectivity index (χ1) is 17.0. The molecule has 0 spiro atoms. The molecule has 1 saturated heterocycles. The number of amides is 3. The minimum Gasteiger partial charge on any atom is -0.381 e. The molecule has 4 bridgehead atoms. The molecule has 5 aliphatic rings. The fourth-order valence-corrected chi connectivity index (χ4v) is 7.42. The predicted octanol–water partition coefficient (Wildman–Crippen LogP) is 4.85. The summed E-state index contributed by atoms with van der Waals surface area (Å²) in [4.78, 5) is 25.2. The highest BCUT2D eigenvalue weighted by molar-refractivity contribution is 6.05. The minimum atomic E-state index is -0.355. The Morgan fingerprint density at radius 3 is 2.29 bits per heavy atom. The number of benzene rings is 2. The third-order valence-electron chi connectivity index (χ3n) is 8.68. The summed E-state index contributed by atoms with van der Waals surface area (Å²) in [5.41, 5.74) is 4.81. The molecule has 1 heterocycles. The molecule has 6 heteroatoms. The number of nitrogens with zero attached hydrogens (tertiary/aromatic N) is 1. The van der Waals surface area contributed by atoms with Crippen LogP contribution in [0.4, 0.5) is 16.2 Å². The minimum absolute atomic E-state index is 0.215. The Kier molecular flexibility index (Phi) is 6.01. The summed E-state index contributed by atoms with van der Waals surface area (Å²) < 4.78 is 0. The molecule has 2 aromatic carbocycles. The van der Waals surface area contributed by atoms with Crippen LogP contribution in [-0.2, 0) is 17.8 Å². The summed E-state index contributed by atoms with van der Waals surface area (Å²) in [7, 11) is 0. The van der Waals surface area contributed by atoms with Gasteiger partial charge >= 0.3 is 6.03 Å². The second-order valence-electron chi connectivity index (χ2n) is 11.4. The van der Waals surface area contributed by atoms with Crippen LogP contribution in [0.2, 0.25) is 0 Å². The highest BCUT2D eigenvalue weighted by atomic mass is 16.2. The quantitative estimate of drug-likeness (QED) is 0.514. The topological polar surface area (TPSA) is 73.5 Å². The van der Waals surface area contributed by atoms with E-state index in [1.165, 1.54) is 49.7 Å². The number of rotatable bonds is 8. The van der Waals surface area contributed by atoms with Crippen molar-refractivity contribution in [2.75, 3.05) is 23.3 Å². The van der Waals surface area contributed by atoms with E-state index in [1.807, 2.05) is 24.3 Å². The Morgan fingerprint density at radius 1 is 0.914 bits per heavy atom. The Balaban J connectivity index is 0.993. The maximum absolute atomic E-state index is 12.1. The zero-order chi connectivity index (χ0) is 23.8. The van der Waals surface area contributed by atoms with Gasteiger partial charge in [0.05, 0.1) is 0 Å². The first-order valence-electron chi connectivity index (χ1n) is 13.3. The molecule has 4 aliphatic carbocycles. The van der Waals surface area contributed by atoms with Crippen molar-refractivity contribution in [3.8, 4) is 0 Å². The van der Waals surface area contributed by atoms with Gasteiger partial charge in [-0.2, -0.15) is 0 Å². The third kappa shape index (κ3) is 4.94. The number of anilines is 2. The van der Waals surface area contributed by atoms with Gasteiger partial charge in [-0.15, -0.1) is 0 Å². The normalized spacial score (nSPS) is 29.4. The molecule has 0 radical (unpaired) electrons. The summed E-state index contributed by atoms with van der Waals surface area (Å²) in [6.07, 6.45) is 10.1. The molecular formula is C29H36N4O2. The molecule has 6 nitrogen and oxygen atoms in total. The Hall–Kier alpha value is -2.86. The molecule has 3 amide bonds. The molecule has 5 fully saturated rings. The zero-order valence-electron chi connectivity index (χ0n) is 20.4. The van der Waals surface area contributed by atoms with Crippen molar-refractivity contribution in [1.29, 1.82) is 0 Å². The van der Waals surface area contributed by atoms with E-state index in [0.717, 1.165) is 48.6 Å². The summed E-state index contributed by atoms with van der Waals surface area (Å²) in [5, 5.41) is 9.86. The van der Waals surface area contributed by atoms with Crippen LogP contribution in [0.5, 0.6) is 0 Å². The number of carbonyl (C=O) groups is 2. The number of hydrogen-bond acceptors (Lipinski definition) is 4. The molecule has 4 saturated carbocycles. The number of hydrogen-bond donors (Lipinski definition) is 3. The lowest BCUT2D eigenvalue weighted by Gasteiger charge is -2.57. The molecule has 2 aromatic rings. The highest BCUT2D eigenvalue weighted by Crippen LogP contribution is 2.55. The molecule has 35 heavy (non-hydrogen) atoms. The van der Waals surface area contributed by atoms with Crippen LogP contribution in [-0.4, -0.2) is 30.6 Å². The van der Waals surface area contributed by atoms with Gasteiger partial charge in [-0.25, -0.2) is 4.79 Å². The molecule has 3 N–H and O–H groups in total. The lowest BCUT2D eigenvalue weighted by atomic mass is 9.53. The monoisotopic (exact) mass is 472 g/mol. The van der Waals surface area contributed by atoms with Crippen LogP contribution in [0.25, 0.3) is 0 Å². The van der Waals surface area contributed by atoms with Gasteiger partial charge in [0.25, 0.3) is 0 Å². The van der Waals surface area contributed by atoms with Gasteiger partial charge in [0.2, 0.25) is 5.91 Å². The summed E-state index contributed by atoms with van der Waals surface area (Å²) in [6.45, 7) is 2.21. The maximum atomic E-state index is 12.1. The fourth-order valence-electron chi connectivity index (χ4n) is 7.42. The van der Waals surface area contributed by atoms with E-state index in [2.05, 4.69) is 40.2 Å². The largest absolute Gasteiger partial charge is 0.381 e.